The third-order valence-electron chi connectivity index (χ3n) is 6.12. The van der Waals surface area contributed by atoms with Crippen LogP contribution in [0.1, 0.15) is 42.1 Å². The van der Waals surface area contributed by atoms with Gasteiger partial charge in [-0.15, -0.1) is 11.8 Å². The topological polar surface area (TPSA) is 87.5 Å². The molecule has 37 heavy (non-hydrogen) atoms. The summed E-state index contributed by atoms with van der Waals surface area (Å²) in [5.41, 5.74) is 1.43. The van der Waals surface area contributed by atoms with Gasteiger partial charge in [0, 0.05) is 36.3 Å². The van der Waals surface area contributed by atoms with E-state index >= 15 is 0 Å². The van der Waals surface area contributed by atoms with Gasteiger partial charge in [-0.05, 0) is 50.1 Å². The maximum atomic E-state index is 15.0. The molecule has 0 bridgehead atoms. The lowest BCUT2D eigenvalue weighted by molar-refractivity contribution is 0.141. The van der Waals surface area contributed by atoms with Crippen LogP contribution in [-0.2, 0) is 7.05 Å². The first kappa shape index (κ1) is 25.1. The molecule has 8 nitrogen and oxygen atoms in total. The molecule has 0 unspecified atom stereocenters. The molecule has 5 rings (SSSR count). The Kier molecular flexibility index (Phi) is 6.56. The summed E-state index contributed by atoms with van der Waals surface area (Å²) < 4.78 is 58.2. The summed E-state index contributed by atoms with van der Waals surface area (Å²) in [6, 6.07) is 5.52. The minimum atomic E-state index is -2.73. The van der Waals surface area contributed by atoms with Gasteiger partial charge >= 0.3 is 0 Å². The minimum Gasteiger partial charge on any atom is -0.323 e. The van der Waals surface area contributed by atoms with Gasteiger partial charge in [-0.25, -0.2) is 22.5 Å². The van der Waals surface area contributed by atoms with Crippen molar-refractivity contribution in [2.75, 3.05) is 23.5 Å². The molecule has 194 valence electrons. The van der Waals surface area contributed by atoms with Crippen LogP contribution in [0.5, 0.6) is 0 Å². The first-order valence-corrected chi connectivity index (χ1v) is 12.7. The molecule has 1 fully saturated rings. The van der Waals surface area contributed by atoms with E-state index in [0.717, 1.165) is 23.2 Å². The van der Waals surface area contributed by atoms with Crippen LogP contribution in [0.25, 0.3) is 11.4 Å². The summed E-state index contributed by atoms with van der Waals surface area (Å²) in [6.45, 7) is 1.84. The van der Waals surface area contributed by atoms with Crippen LogP contribution in [0.4, 0.5) is 40.8 Å². The fraction of sp³-hybridized carbons (Fsp3) is 0.333. The highest BCUT2D eigenvalue weighted by Crippen LogP contribution is 2.48. The van der Waals surface area contributed by atoms with Crippen molar-refractivity contribution in [3.63, 3.8) is 0 Å². The zero-order valence-corrected chi connectivity index (χ0v) is 21.3. The van der Waals surface area contributed by atoms with E-state index in [1.165, 1.54) is 49.0 Å². The molecular formula is C24H24F4N8S. The van der Waals surface area contributed by atoms with Crippen LogP contribution in [-0.4, -0.2) is 43.2 Å². The number of anilines is 4. The fourth-order valence-corrected chi connectivity index (χ4v) is 4.59. The van der Waals surface area contributed by atoms with Gasteiger partial charge < -0.3 is 10.2 Å². The Labute approximate surface area is 214 Å². The summed E-state index contributed by atoms with van der Waals surface area (Å²) >= 11 is 1.22. The molecule has 0 amide bonds. The predicted molar refractivity (Wildman–Crippen MR) is 134 cm³/mol. The van der Waals surface area contributed by atoms with Gasteiger partial charge in [-0.3, -0.25) is 9.78 Å². The van der Waals surface area contributed by atoms with Crippen LogP contribution in [0, 0.1) is 18.6 Å². The standard InChI is InChI=1S/C24H24F4N8S/c1-11-7-18(33-32-11)29-23-19(12-5-6-12)20(16-10-17(22(27)28)36(3)34-16)30-24(31-23)35(2)21-14(25)8-13(37-4)9-15(21)26/h7-10,12,22H,5-6H2,1-4H3,(H2,29,30,31,32,33). The van der Waals surface area contributed by atoms with Gasteiger partial charge in [0.1, 0.15) is 28.6 Å². The Hall–Kier alpha value is -3.61. The van der Waals surface area contributed by atoms with Crippen molar-refractivity contribution in [2.45, 2.75) is 37.0 Å². The molecule has 1 aliphatic carbocycles. The van der Waals surface area contributed by atoms with Crippen molar-refractivity contribution in [2.24, 2.45) is 7.05 Å². The second kappa shape index (κ2) is 9.69. The summed E-state index contributed by atoms with van der Waals surface area (Å²) in [4.78, 5) is 10.9. The minimum absolute atomic E-state index is 0.0342. The van der Waals surface area contributed by atoms with Gasteiger partial charge in [-0.1, -0.05) is 0 Å². The Morgan fingerprint density at radius 3 is 2.38 bits per heavy atom. The van der Waals surface area contributed by atoms with E-state index in [1.807, 2.05) is 6.92 Å². The predicted octanol–water partition coefficient (Wildman–Crippen LogP) is 6.24. The fourth-order valence-electron chi connectivity index (χ4n) is 4.14. The van der Waals surface area contributed by atoms with Crippen molar-refractivity contribution in [1.29, 1.82) is 0 Å². The second-order valence-electron chi connectivity index (χ2n) is 8.85. The zero-order chi connectivity index (χ0) is 26.4. The molecule has 2 N–H and O–H groups in total. The quantitative estimate of drug-likeness (QED) is 0.205. The molecular weight excluding hydrogens is 508 g/mol. The van der Waals surface area contributed by atoms with E-state index in [0.29, 0.717) is 27.8 Å². The molecule has 1 aromatic carbocycles. The molecule has 0 atom stereocenters. The number of hydrogen-bond acceptors (Lipinski definition) is 7. The number of aromatic nitrogens is 6. The highest BCUT2D eigenvalue weighted by Gasteiger charge is 2.34. The number of benzene rings is 1. The maximum absolute atomic E-state index is 15.0. The first-order chi connectivity index (χ1) is 17.7. The monoisotopic (exact) mass is 532 g/mol. The molecule has 1 aliphatic rings. The van der Waals surface area contributed by atoms with Crippen LogP contribution >= 0.6 is 11.8 Å². The average molecular weight is 533 g/mol. The van der Waals surface area contributed by atoms with Gasteiger partial charge in [0.25, 0.3) is 6.43 Å². The molecule has 0 radical (unpaired) electrons. The molecule has 3 heterocycles. The number of rotatable bonds is 8. The normalized spacial score (nSPS) is 13.4. The number of nitrogens with zero attached hydrogens (tertiary/aromatic N) is 6. The van der Waals surface area contributed by atoms with Gasteiger partial charge in [-0.2, -0.15) is 15.2 Å². The third-order valence-corrected chi connectivity index (χ3v) is 6.82. The van der Waals surface area contributed by atoms with Crippen molar-refractivity contribution in [3.8, 4) is 11.4 Å². The van der Waals surface area contributed by atoms with Gasteiger partial charge in [0.2, 0.25) is 5.95 Å². The number of alkyl halides is 2. The largest absolute Gasteiger partial charge is 0.323 e. The Morgan fingerprint density at radius 2 is 1.84 bits per heavy atom. The maximum Gasteiger partial charge on any atom is 0.280 e. The van der Waals surface area contributed by atoms with E-state index in [-0.39, 0.29) is 28.9 Å². The van der Waals surface area contributed by atoms with Crippen LogP contribution in [0.3, 0.4) is 0 Å². The molecule has 1 saturated carbocycles. The Bertz CT molecular complexity index is 1440. The van der Waals surface area contributed by atoms with E-state index < -0.39 is 18.1 Å². The van der Waals surface area contributed by atoms with Crippen LogP contribution < -0.4 is 10.2 Å². The lowest BCUT2D eigenvalue weighted by Gasteiger charge is -2.22. The van der Waals surface area contributed by atoms with Crippen LogP contribution in [0.2, 0.25) is 0 Å². The average Bonchev–Trinajstić information content (AvgIpc) is 3.48. The number of nitrogens with one attached hydrogen (secondary N) is 2. The Balaban J connectivity index is 1.70. The number of thioether (sulfide) groups is 1. The number of aryl methyl sites for hydroxylation is 2. The summed E-state index contributed by atoms with van der Waals surface area (Å²) in [7, 11) is 2.88. The summed E-state index contributed by atoms with van der Waals surface area (Å²) in [5.74, 6) is -0.673. The third kappa shape index (κ3) is 4.87. The molecule has 3 aromatic heterocycles. The van der Waals surface area contributed by atoms with Crippen molar-refractivity contribution >= 4 is 35.0 Å². The van der Waals surface area contributed by atoms with E-state index in [2.05, 4.69) is 30.6 Å². The molecule has 0 saturated heterocycles. The number of halogens is 4. The van der Waals surface area contributed by atoms with Gasteiger partial charge in [0.05, 0.1) is 0 Å². The van der Waals surface area contributed by atoms with Crippen LogP contribution in [0.15, 0.2) is 29.2 Å². The van der Waals surface area contributed by atoms with E-state index in [4.69, 9.17) is 0 Å². The van der Waals surface area contributed by atoms with Gasteiger partial charge in [0.15, 0.2) is 17.5 Å². The number of aromatic amines is 1. The molecule has 0 aliphatic heterocycles. The summed E-state index contributed by atoms with van der Waals surface area (Å²) in [6.07, 6.45) is 0.697. The highest BCUT2D eigenvalue weighted by atomic mass is 32.2. The van der Waals surface area contributed by atoms with E-state index in [1.54, 1.807) is 12.3 Å². The van der Waals surface area contributed by atoms with Crippen molar-refractivity contribution in [1.82, 2.24) is 29.9 Å². The number of hydrogen-bond donors (Lipinski definition) is 2. The highest BCUT2D eigenvalue weighted by molar-refractivity contribution is 7.98. The summed E-state index contributed by atoms with van der Waals surface area (Å²) in [5, 5.41) is 14.5. The smallest absolute Gasteiger partial charge is 0.280 e. The van der Waals surface area contributed by atoms with Crippen molar-refractivity contribution < 1.29 is 17.6 Å². The SMILES string of the molecule is CSc1cc(F)c(N(C)c2nc(Nc3cc(C)[nH]n3)c(C3CC3)c(-c3cc(C(F)F)n(C)n3)n2)c(F)c1. The molecule has 0 spiro atoms. The van der Waals surface area contributed by atoms with E-state index in [9.17, 15) is 17.6 Å². The lowest BCUT2D eigenvalue weighted by Crippen LogP contribution is -2.18. The molecule has 4 aromatic rings. The Morgan fingerprint density at radius 1 is 1.14 bits per heavy atom. The number of H-pyrrole nitrogens is 1. The van der Waals surface area contributed by atoms with Crippen molar-refractivity contribution in [3.05, 3.63) is 52.9 Å². The molecule has 13 heteroatoms. The lowest BCUT2D eigenvalue weighted by atomic mass is 10.1. The first-order valence-electron chi connectivity index (χ1n) is 11.5. The second-order valence-corrected chi connectivity index (χ2v) is 9.73. The zero-order valence-electron chi connectivity index (χ0n) is 20.5.